The highest BCUT2D eigenvalue weighted by Gasteiger charge is 2.10. The van der Waals surface area contributed by atoms with Crippen LogP contribution in [-0.4, -0.2) is 24.2 Å². The van der Waals surface area contributed by atoms with Crippen LogP contribution < -0.4 is 11.3 Å². The van der Waals surface area contributed by atoms with Crippen LogP contribution in [-0.2, 0) is 11.2 Å². The molecule has 1 rings (SSSR count). The molecule has 0 aliphatic rings. The molecule has 0 bridgehead atoms. The average molecular weight is 244 g/mol. The van der Waals surface area contributed by atoms with Crippen molar-refractivity contribution in [1.82, 2.24) is 10.4 Å². The van der Waals surface area contributed by atoms with Crippen molar-refractivity contribution in [2.24, 2.45) is 5.84 Å². The van der Waals surface area contributed by atoms with E-state index in [4.69, 9.17) is 22.2 Å². The Bertz CT molecular complexity index is 309. The van der Waals surface area contributed by atoms with Gasteiger partial charge in [-0.25, -0.2) is 0 Å². The van der Waals surface area contributed by atoms with Crippen LogP contribution in [0.1, 0.15) is 18.9 Å². The minimum absolute atomic E-state index is 0.0754. The van der Waals surface area contributed by atoms with E-state index in [0.717, 1.165) is 25.0 Å². The molecule has 16 heavy (non-hydrogen) atoms. The predicted molar refractivity (Wildman–Crippen MR) is 65.2 cm³/mol. The quantitative estimate of drug-likeness (QED) is 0.433. The zero-order chi connectivity index (χ0) is 11.8. The molecule has 1 unspecified atom stereocenters. The van der Waals surface area contributed by atoms with Gasteiger partial charge in [-0.2, -0.15) is 0 Å². The Labute approximate surface area is 101 Å². The molecule has 0 amide bonds. The van der Waals surface area contributed by atoms with E-state index in [9.17, 15) is 0 Å². The number of pyridine rings is 1. The Kier molecular flexibility index (Phi) is 6.33. The van der Waals surface area contributed by atoms with E-state index in [1.807, 2.05) is 6.07 Å². The molecule has 0 radical (unpaired) electrons. The summed E-state index contributed by atoms with van der Waals surface area (Å²) in [6.45, 7) is 3.41. The molecule has 5 heteroatoms. The molecule has 0 spiro atoms. The predicted octanol–water partition coefficient (Wildman–Crippen LogP) is 1.54. The largest absolute Gasteiger partial charge is 0.380 e. The van der Waals surface area contributed by atoms with Crippen molar-refractivity contribution in [3.8, 4) is 0 Å². The molecule has 0 aromatic carbocycles. The zero-order valence-corrected chi connectivity index (χ0v) is 10.2. The van der Waals surface area contributed by atoms with Crippen LogP contribution in [0.25, 0.3) is 0 Å². The van der Waals surface area contributed by atoms with Crippen LogP contribution >= 0.6 is 11.6 Å². The highest BCUT2D eigenvalue weighted by molar-refractivity contribution is 6.31. The topological polar surface area (TPSA) is 60.2 Å². The number of nitrogens with one attached hydrogen (secondary N) is 1. The average Bonchev–Trinajstić information content (AvgIpc) is 2.30. The number of hydrazine groups is 1. The van der Waals surface area contributed by atoms with Gasteiger partial charge in [0.05, 0.1) is 11.6 Å². The first-order valence-corrected chi connectivity index (χ1v) is 5.78. The van der Waals surface area contributed by atoms with Crippen LogP contribution in [0, 0.1) is 0 Å². The van der Waals surface area contributed by atoms with Gasteiger partial charge in [0, 0.05) is 25.0 Å². The van der Waals surface area contributed by atoms with Crippen molar-refractivity contribution in [2.45, 2.75) is 25.8 Å². The number of halogens is 1. The second-order valence-corrected chi connectivity index (χ2v) is 4.02. The van der Waals surface area contributed by atoms with Gasteiger partial charge >= 0.3 is 0 Å². The van der Waals surface area contributed by atoms with Gasteiger partial charge in [0.15, 0.2) is 0 Å². The van der Waals surface area contributed by atoms with Crippen molar-refractivity contribution in [2.75, 3.05) is 13.2 Å². The highest BCUT2D eigenvalue weighted by Crippen LogP contribution is 2.15. The van der Waals surface area contributed by atoms with E-state index in [2.05, 4.69) is 17.3 Å². The van der Waals surface area contributed by atoms with Crippen LogP contribution in [0.4, 0.5) is 0 Å². The van der Waals surface area contributed by atoms with Crippen LogP contribution in [0.2, 0.25) is 5.02 Å². The molecule has 1 aromatic heterocycles. The molecular formula is C11H18ClN3O. The molecule has 0 saturated heterocycles. The first-order valence-electron chi connectivity index (χ1n) is 5.40. The summed E-state index contributed by atoms with van der Waals surface area (Å²) in [7, 11) is 0. The fourth-order valence-corrected chi connectivity index (χ4v) is 1.57. The van der Waals surface area contributed by atoms with Crippen LogP contribution in [0.5, 0.6) is 0 Å². The van der Waals surface area contributed by atoms with E-state index in [1.165, 1.54) is 0 Å². The van der Waals surface area contributed by atoms with Gasteiger partial charge in [0.1, 0.15) is 0 Å². The van der Waals surface area contributed by atoms with Gasteiger partial charge in [-0.3, -0.25) is 16.3 Å². The molecule has 0 saturated carbocycles. The number of hydrogen-bond acceptors (Lipinski definition) is 4. The van der Waals surface area contributed by atoms with Gasteiger partial charge in [0.25, 0.3) is 0 Å². The van der Waals surface area contributed by atoms with Crippen molar-refractivity contribution in [3.05, 3.63) is 29.0 Å². The molecule has 1 atom stereocenters. The maximum atomic E-state index is 6.01. The van der Waals surface area contributed by atoms with Gasteiger partial charge in [-0.05, 0) is 24.5 Å². The van der Waals surface area contributed by atoms with Crippen molar-refractivity contribution >= 4 is 11.6 Å². The third-order valence-electron chi connectivity index (χ3n) is 2.23. The number of nitrogens with zero attached hydrogens (tertiary/aromatic N) is 1. The van der Waals surface area contributed by atoms with E-state index < -0.39 is 0 Å². The van der Waals surface area contributed by atoms with E-state index in [-0.39, 0.29) is 6.04 Å². The molecule has 0 aliphatic heterocycles. The standard InChI is InChI=1S/C11H18ClN3O/c1-2-5-16-8-10(15-13)6-9-3-4-14-7-11(9)12/h3-4,7,10,15H,2,5-6,8,13H2,1H3. The number of rotatable bonds is 7. The summed E-state index contributed by atoms with van der Waals surface area (Å²) in [5.74, 6) is 5.46. The fourth-order valence-electron chi connectivity index (χ4n) is 1.37. The van der Waals surface area contributed by atoms with E-state index in [0.29, 0.717) is 11.6 Å². The Balaban J connectivity index is 2.46. The Morgan fingerprint density at radius 2 is 2.44 bits per heavy atom. The molecule has 1 aromatic rings. The normalized spacial score (nSPS) is 12.7. The Morgan fingerprint density at radius 3 is 3.06 bits per heavy atom. The summed E-state index contributed by atoms with van der Waals surface area (Å²) in [5, 5.41) is 0.665. The lowest BCUT2D eigenvalue weighted by Crippen LogP contribution is -2.40. The summed E-state index contributed by atoms with van der Waals surface area (Å²) in [4.78, 5) is 3.94. The molecule has 1 heterocycles. The minimum atomic E-state index is 0.0754. The third-order valence-corrected chi connectivity index (χ3v) is 2.57. The Hall–Kier alpha value is -0.680. The van der Waals surface area contributed by atoms with Crippen molar-refractivity contribution in [1.29, 1.82) is 0 Å². The van der Waals surface area contributed by atoms with Crippen molar-refractivity contribution < 1.29 is 4.74 Å². The molecular weight excluding hydrogens is 226 g/mol. The maximum absolute atomic E-state index is 6.01. The van der Waals surface area contributed by atoms with E-state index >= 15 is 0 Å². The summed E-state index contributed by atoms with van der Waals surface area (Å²) >= 11 is 6.01. The highest BCUT2D eigenvalue weighted by atomic mass is 35.5. The SMILES string of the molecule is CCCOCC(Cc1ccncc1Cl)NN. The first kappa shape index (κ1) is 13.4. The van der Waals surface area contributed by atoms with Crippen LogP contribution in [0.15, 0.2) is 18.5 Å². The monoisotopic (exact) mass is 243 g/mol. The fraction of sp³-hybridized carbons (Fsp3) is 0.545. The summed E-state index contributed by atoms with van der Waals surface area (Å²) in [6.07, 6.45) is 5.11. The lowest BCUT2D eigenvalue weighted by atomic mass is 10.1. The Morgan fingerprint density at radius 1 is 1.62 bits per heavy atom. The number of hydrogen-bond donors (Lipinski definition) is 2. The molecule has 3 N–H and O–H groups in total. The van der Waals surface area contributed by atoms with Gasteiger partial charge in [-0.1, -0.05) is 18.5 Å². The second-order valence-electron chi connectivity index (χ2n) is 3.61. The van der Waals surface area contributed by atoms with Crippen molar-refractivity contribution in [3.63, 3.8) is 0 Å². The number of ether oxygens (including phenoxy) is 1. The third kappa shape index (κ3) is 4.45. The van der Waals surface area contributed by atoms with Crippen LogP contribution in [0.3, 0.4) is 0 Å². The van der Waals surface area contributed by atoms with Gasteiger partial charge < -0.3 is 4.74 Å². The summed E-state index contributed by atoms with van der Waals surface area (Å²) < 4.78 is 5.45. The summed E-state index contributed by atoms with van der Waals surface area (Å²) in [5.41, 5.74) is 3.76. The molecule has 0 aliphatic carbocycles. The maximum Gasteiger partial charge on any atom is 0.0636 e. The lowest BCUT2D eigenvalue weighted by molar-refractivity contribution is 0.112. The smallest absolute Gasteiger partial charge is 0.0636 e. The first-order chi connectivity index (χ1) is 7.77. The lowest BCUT2D eigenvalue weighted by Gasteiger charge is -2.16. The zero-order valence-electron chi connectivity index (χ0n) is 9.45. The van der Waals surface area contributed by atoms with E-state index in [1.54, 1.807) is 12.4 Å². The molecule has 90 valence electrons. The summed E-state index contributed by atoms with van der Waals surface area (Å²) in [6, 6.07) is 1.97. The molecule has 0 fully saturated rings. The minimum Gasteiger partial charge on any atom is -0.380 e. The van der Waals surface area contributed by atoms with Gasteiger partial charge in [-0.15, -0.1) is 0 Å². The second kappa shape index (κ2) is 7.57. The molecule has 4 nitrogen and oxygen atoms in total. The number of aromatic nitrogens is 1. The number of nitrogens with two attached hydrogens (primary N) is 1. The van der Waals surface area contributed by atoms with Gasteiger partial charge in [0.2, 0.25) is 0 Å².